The summed E-state index contributed by atoms with van der Waals surface area (Å²) in [5, 5.41) is 111. The number of hydrogen-bond donors (Lipinski definition) is 11. The molecule has 16 nitrogen and oxygen atoms in total. The van der Waals surface area contributed by atoms with Crippen LogP contribution in [0.4, 0.5) is 0 Å². The summed E-state index contributed by atoms with van der Waals surface area (Å²) < 4.78 is 28.3. The van der Waals surface area contributed by atoms with E-state index in [1.165, 1.54) is 6.07 Å². The summed E-state index contributed by atoms with van der Waals surface area (Å²) in [5.74, 6) is -3.59. The van der Waals surface area contributed by atoms with E-state index in [1.54, 1.807) is 0 Å². The molecule has 9 atom stereocenters. The molecule has 1 aromatic heterocycles. The van der Waals surface area contributed by atoms with Gasteiger partial charge in [0.05, 0.1) is 24.8 Å². The Hall–Kier alpha value is -3.71. The van der Waals surface area contributed by atoms with E-state index in [-0.39, 0.29) is 33.8 Å². The van der Waals surface area contributed by atoms with Crippen molar-refractivity contribution >= 4 is 11.0 Å². The normalized spacial score (nSPS) is 31.7. The van der Waals surface area contributed by atoms with Gasteiger partial charge in [-0.15, -0.1) is 0 Å². The van der Waals surface area contributed by atoms with Crippen molar-refractivity contribution in [3.8, 4) is 45.8 Å². The molecule has 0 saturated carbocycles. The summed E-state index contributed by atoms with van der Waals surface area (Å²) in [7, 11) is 0. The van der Waals surface area contributed by atoms with Crippen LogP contribution in [-0.2, 0) is 14.2 Å². The predicted octanol–water partition coefficient (Wildman–Crippen LogP) is -1.45. The number of phenols is 5. The molecule has 3 aromatic rings. The van der Waals surface area contributed by atoms with Crippen molar-refractivity contribution in [1.29, 1.82) is 0 Å². The number of benzene rings is 2. The number of aromatic hydroxyl groups is 5. The summed E-state index contributed by atoms with van der Waals surface area (Å²) in [4.78, 5) is 0. The first-order valence-electron chi connectivity index (χ1n) is 12.6. The van der Waals surface area contributed by atoms with Crippen molar-refractivity contribution in [3.05, 3.63) is 30.3 Å². The maximum absolute atomic E-state index is 10.8. The van der Waals surface area contributed by atoms with E-state index in [2.05, 4.69) is 0 Å². The lowest BCUT2D eigenvalue weighted by Crippen LogP contribution is -2.63. The Kier molecular flexibility index (Phi) is 8.17. The molecule has 5 rings (SSSR count). The fourth-order valence-corrected chi connectivity index (χ4v) is 4.68. The van der Waals surface area contributed by atoms with Crippen LogP contribution >= 0.6 is 0 Å². The molecule has 0 radical (unpaired) electrons. The number of ether oxygens (including phenoxy) is 4. The van der Waals surface area contributed by atoms with Gasteiger partial charge in [0.25, 0.3) is 0 Å². The predicted molar refractivity (Wildman–Crippen MR) is 135 cm³/mol. The zero-order valence-corrected chi connectivity index (χ0v) is 21.5. The highest BCUT2D eigenvalue weighted by Gasteiger charge is 2.49. The van der Waals surface area contributed by atoms with E-state index in [4.69, 9.17) is 23.4 Å². The van der Waals surface area contributed by atoms with Crippen molar-refractivity contribution < 1.29 is 79.5 Å². The molecule has 2 fully saturated rings. The van der Waals surface area contributed by atoms with Gasteiger partial charge in [0.2, 0.25) is 12.0 Å². The molecule has 2 aromatic carbocycles. The minimum absolute atomic E-state index is 0.0153. The first-order valence-corrected chi connectivity index (χ1v) is 12.6. The Morgan fingerprint density at radius 2 is 1.48 bits per heavy atom. The molecule has 42 heavy (non-hydrogen) atoms. The van der Waals surface area contributed by atoms with Gasteiger partial charge in [-0.25, -0.2) is 4.42 Å². The molecule has 0 bridgehead atoms. The molecule has 11 N–H and O–H groups in total. The van der Waals surface area contributed by atoms with Crippen LogP contribution < -0.4 is 4.74 Å². The number of aliphatic hydroxyl groups is 6. The van der Waals surface area contributed by atoms with Crippen molar-refractivity contribution in [2.45, 2.75) is 55.3 Å². The highest BCUT2D eigenvalue weighted by molar-refractivity contribution is 5.88. The Morgan fingerprint density at radius 1 is 0.786 bits per heavy atom. The molecule has 16 heteroatoms. The Bertz CT molecular complexity index is 1420. The fraction of sp³-hybridized carbons (Fsp3) is 0.423. The molecule has 2 aliphatic heterocycles. The van der Waals surface area contributed by atoms with Gasteiger partial charge in [-0.3, -0.25) is 0 Å². The van der Waals surface area contributed by atoms with E-state index >= 15 is 0 Å². The van der Waals surface area contributed by atoms with Gasteiger partial charge in [-0.2, -0.15) is 0 Å². The number of hydrogen-bond acceptors (Lipinski definition) is 15. The summed E-state index contributed by atoms with van der Waals surface area (Å²) in [6.45, 7) is -1.23. The second-order valence-corrected chi connectivity index (χ2v) is 9.86. The summed E-state index contributed by atoms with van der Waals surface area (Å²) in [6, 6.07) is 5.43. The lowest BCUT2D eigenvalue weighted by Gasteiger charge is -2.44. The van der Waals surface area contributed by atoms with Gasteiger partial charge in [-0.05, 0) is 0 Å². The van der Waals surface area contributed by atoms with Crippen LogP contribution in [0.15, 0.2) is 34.7 Å². The molecule has 2 saturated heterocycles. The topological polar surface area (TPSA) is 271 Å². The van der Waals surface area contributed by atoms with Crippen molar-refractivity contribution in [3.63, 3.8) is 0 Å². The van der Waals surface area contributed by atoms with Crippen LogP contribution in [0.2, 0.25) is 0 Å². The minimum atomic E-state index is -1.87. The zero-order chi connectivity index (χ0) is 30.5. The largest absolute Gasteiger partial charge is 0.507 e. The molecule has 0 amide bonds. The van der Waals surface area contributed by atoms with Gasteiger partial charge < -0.3 is 75.1 Å². The monoisotopic (exact) mass is 597 g/mol. The highest BCUT2D eigenvalue weighted by atomic mass is 16.8. The van der Waals surface area contributed by atoms with Crippen molar-refractivity contribution in [1.82, 2.24) is 0 Å². The number of aliphatic hydroxyl groups excluding tert-OH is 6. The first-order chi connectivity index (χ1) is 19.9. The molecular formula is C26H29O16+. The minimum Gasteiger partial charge on any atom is -0.507 e. The standard InChI is InChI=1S/C26H28O16/c27-6-17-20(35)21(36)22(37)25(41-17)42-24-19(34)14(32)7-38-26(24)40-16-5-10-11(29)3-9(28)4-15(10)39-23(16)8-1-12(30)18(33)13(31)2-8/h1-5,14,17,19-22,24-27,32,34-37H,6-7H2,(H4-,28,29,30,31,33)/p+1/t14-,17+,19-,20+,21-,22+,24+,25-,26-/m0/s1. The van der Waals surface area contributed by atoms with Crippen molar-refractivity contribution in [2.24, 2.45) is 0 Å². The number of phenolic OH excluding ortho intramolecular Hbond substituents is 5. The van der Waals surface area contributed by atoms with Gasteiger partial charge >= 0.3 is 11.3 Å². The highest BCUT2D eigenvalue weighted by Crippen LogP contribution is 2.45. The molecule has 2 aliphatic rings. The Balaban J connectivity index is 1.55. The summed E-state index contributed by atoms with van der Waals surface area (Å²) >= 11 is 0. The van der Waals surface area contributed by atoms with Crippen LogP contribution in [0.3, 0.4) is 0 Å². The Morgan fingerprint density at radius 3 is 2.14 bits per heavy atom. The average molecular weight is 598 g/mol. The first kappa shape index (κ1) is 29.8. The lowest BCUT2D eigenvalue weighted by molar-refractivity contribution is -0.348. The molecule has 228 valence electrons. The number of fused-ring (bicyclic) bond motifs is 1. The molecule has 3 heterocycles. The fourth-order valence-electron chi connectivity index (χ4n) is 4.68. The lowest BCUT2D eigenvalue weighted by atomic mass is 9.99. The van der Waals surface area contributed by atoms with Crippen LogP contribution in [0.5, 0.6) is 34.5 Å². The third-order valence-electron chi connectivity index (χ3n) is 6.96. The third-order valence-corrected chi connectivity index (χ3v) is 6.96. The Labute approximate surface area is 235 Å². The number of rotatable bonds is 6. The maximum Gasteiger partial charge on any atom is 0.402 e. The van der Waals surface area contributed by atoms with E-state index in [1.807, 2.05) is 0 Å². The zero-order valence-electron chi connectivity index (χ0n) is 21.5. The third kappa shape index (κ3) is 5.42. The van der Waals surface area contributed by atoms with Crippen LogP contribution in [0.1, 0.15) is 0 Å². The van der Waals surface area contributed by atoms with E-state index in [0.717, 1.165) is 24.3 Å². The van der Waals surface area contributed by atoms with Gasteiger partial charge in [0, 0.05) is 24.3 Å². The molecule has 0 aliphatic carbocycles. The second kappa shape index (κ2) is 11.5. The van der Waals surface area contributed by atoms with Crippen LogP contribution in [0.25, 0.3) is 22.3 Å². The average Bonchev–Trinajstić information content (AvgIpc) is 2.95. The smallest absolute Gasteiger partial charge is 0.402 e. The quantitative estimate of drug-likeness (QED) is 0.115. The summed E-state index contributed by atoms with van der Waals surface area (Å²) in [5.41, 5.74) is -0.138. The van der Waals surface area contributed by atoms with E-state index in [9.17, 15) is 56.2 Å². The van der Waals surface area contributed by atoms with E-state index in [0.29, 0.717) is 0 Å². The van der Waals surface area contributed by atoms with Crippen LogP contribution in [0, 0.1) is 0 Å². The second-order valence-electron chi connectivity index (χ2n) is 9.86. The maximum atomic E-state index is 10.8. The van der Waals surface area contributed by atoms with Gasteiger partial charge in [0.15, 0.2) is 29.6 Å². The van der Waals surface area contributed by atoms with Gasteiger partial charge in [0.1, 0.15) is 53.5 Å². The van der Waals surface area contributed by atoms with E-state index < -0.39 is 91.5 Å². The van der Waals surface area contributed by atoms with Gasteiger partial charge in [-0.1, -0.05) is 0 Å². The van der Waals surface area contributed by atoms with Crippen LogP contribution in [-0.4, -0.2) is 125 Å². The molecular weight excluding hydrogens is 568 g/mol. The molecule has 0 spiro atoms. The molecule has 0 unspecified atom stereocenters. The summed E-state index contributed by atoms with van der Waals surface area (Å²) in [6.07, 6.45) is -15.0. The van der Waals surface area contributed by atoms with Crippen molar-refractivity contribution in [2.75, 3.05) is 13.2 Å². The SMILES string of the molecule is OC[C@H]1O[C@@H](O[C@H]2[C@H](Oc3cc4c(O)cc(O)cc4[o+]c3-c3cc(O)c(O)c(O)c3)OC[C@H](O)[C@@H]2O)[C@H](O)[C@@H](O)[C@@H]1O.